The predicted octanol–water partition coefficient (Wildman–Crippen LogP) is -0.384. The molecular formula is C52H78N4O18. The number of carbonyl (C=O) groups excluding carboxylic acids is 3. The summed E-state index contributed by atoms with van der Waals surface area (Å²) < 4.78 is 28.3. The van der Waals surface area contributed by atoms with Gasteiger partial charge in [-0.05, 0) is 26.2 Å². The molecule has 22 nitrogen and oxygen atoms in total. The van der Waals surface area contributed by atoms with Crippen LogP contribution in [-0.2, 0) is 44.5 Å². The molecule has 0 saturated carbocycles. The Balaban J connectivity index is 1.63. The number of aromatic nitrogens is 2. The number of aliphatic hydroxyl groups is 10. The van der Waals surface area contributed by atoms with Crippen LogP contribution in [-0.4, -0.2) is 190 Å². The number of nitrogens with two attached hydrogens (primary N) is 1. The first kappa shape index (κ1) is 61.8. The minimum atomic E-state index is -2.39. The Morgan fingerprint density at radius 1 is 0.784 bits per heavy atom. The largest absolute Gasteiger partial charge is 0.467 e. The van der Waals surface area contributed by atoms with Crippen LogP contribution in [0.1, 0.15) is 77.3 Å². The van der Waals surface area contributed by atoms with Crippen molar-refractivity contribution in [2.24, 2.45) is 17.6 Å². The van der Waals surface area contributed by atoms with E-state index in [-0.39, 0.29) is 51.0 Å². The predicted molar refractivity (Wildman–Crippen MR) is 266 cm³/mol. The van der Waals surface area contributed by atoms with Crippen LogP contribution in [0, 0.1) is 11.8 Å². The highest BCUT2D eigenvalue weighted by atomic mass is 16.7. The number of allylic oxidation sites excluding steroid dienone is 12. The Bertz CT molecular complexity index is 2060. The zero-order valence-corrected chi connectivity index (χ0v) is 42.1. The average Bonchev–Trinajstić information content (AvgIpc) is 3.85. The molecule has 2 fully saturated rings. The second-order valence-corrected chi connectivity index (χ2v) is 19.2. The highest BCUT2D eigenvalue weighted by Crippen LogP contribution is 2.38. The highest BCUT2D eigenvalue weighted by molar-refractivity contribution is 5.86. The third-order valence-electron chi connectivity index (χ3n) is 12.8. The van der Waals surface area contributed by atoms with Gasteiger partial charge < -0.3 is 90.8 Å². The van der Waals surface area contributed by atoms with Crippen molar-refractivity contribution in [1.82, 2.24) is 15.3 Å². The first-order chi connectivity index (χ1) is 35.2. The van der Waals surface area contributed by atoms with Crippen LogP contribution in [0.2, 0.25) is 0 Å². The minimum absolute atomic E-state index is 0.107. The standard InChI is InChI=1S/C52H78N4O18/c1-31-16-14-12-10-8-6-4-5-7-9-11-13-15-17-37(73-51-48(66)47(53)43(64)29-71-51)25-44-46(49(67)56-38(50(68)70-3)21-33-28-54-30-55-33)42(63)27-52(69,74-44)26-36(59)23-41(62)39(60)19-18-34(57)22-35(58)24-45(65)72-32(2)20-40(31)61/h4-17,28,30-32,34-44,46-48,51,57-64,66,69H,18-27,29,53H2,1-3H3,(H,54,55)(H,56,67)/b5-4+,8-6+,9-7+,12-10+,13-11+,16-14+,17-15+/t31-,32-,34?,35?,36?,37?,38-,39+,40-,41?,42-,43+,44-,46+,47-,48+,51-,52?/m0/s1. The van der Waals surface area contributed by atoms with Crippen LogP contribution >= 0.6 is 0 Å². The number of nitrogens with zero attached hydrogens (tertiary/aromatic N) is 1. The van der Waals surface area contributed by atoms with Crippen molar-refractivity contribution in [2.75, 3.05) is 13.7 Å². The summed E-state index contributed by atoms with van der Waals surface area (Å²) in [6.45, 7) is 3.14. The Kier molecular flexibility index (Phi) is 26.2. The molecule has 3 aliphatic rings. The summed E-state index contributed by atoms with van der Waals surface area (Å²) in [5, 5.41) is 112. The number of cyclic esters (lactones) is 1. The van der Waals surface area contributed by atoms with Gasteiger partial charge in [0.15, 0.2) is 12.1 Å². The summed E-state index contributed by atoms with van der Waals surface area (Å²) >= 11 is 0. The van der Waals surface area contributed by atoms with E-state index in [1.807, 2.05) is 6.92 Å². The second-order valence-electron chi connectivity index (χ2n) is 19.2. The summed E-state index contributed by atoms with van der Waals surface area (Å²) in [7, 11) is 1.13. The fourth-order valence-corrected chi connectivity index (χ4v) is 8.73. The molecule has 18 atom stereocenters. The van der Waals surface area contributed by atoms with E-state index in [0.29, 0.717) is 5.69 Å². The molecular weight excluding hydrogens is 969 g/mol. The number of hydrogen-bond donors (Lipinski definition) is 13. The number of hydrogen-bond acceptors (Lipinski definition) is 20. The van der Waals surface area contributed by atoms with Gasteiger partial charge >= 0.3 is 11.9 Å². The fourth-order valence-electron chi connectivity index (χ4n) is 8.73. The van der Waals surface area contributed by atoms with E-state index in [2.05, 4.69) is 15.3 Å². The number of aromatic amines is 1. The Labute approximate surface area is 431 Å². The van der Waals surface area contributed by atoms with Crippen molar-refractivity contribution in [3.63, 3.8) is 0 Å². The third kappa shape index (κ3) is 21.1. The molecule has 14 N–H and O–H groups in total. The molecule has 2 bridgehead atoms. The quantitative estimate of drug-likeness (QED) is 0.155. The molecule has 22 heteroatoms. The van der Waals surface area contributed by atoms with E-state index in [0.717, 1.165) is 7.11 Å². The number of ether oxygens (including phenoxy) is 5. The number of rotatable bonds is 7. The molecule has 4 rings (SSSR count). The van der Waals surface area contributed by atoms with Gasteiger partial charge in [-0.25, -0.2) is 9.78 Å². The van der Waals surface area contributed by atoms with E-state index >= 15 is 0 Å². The smallest absolute Gasteiger partial charge is 0.328 e. The lowest BCUT2D eigenvalue weighted by molar-refractivity contribution is -0.304. The van der Waals surface area contributed by atoms with Crippen molar-refractivity contribution < 1.29 is 89.1 Å². The van der Waals surface area contributed by atoms with Gasteiger partial charge in [0.1, 0.15) is 18.2 Å². The van der Waals surface area contributed by atoms with Gasteiger partial charge in [0, 0.05) is 50.6 Å². The lowest BCUT2D eigenvalue weighted by Gasteiger charge is -2.46. The molecule has 0 aromatic carbocycles. The van der Waals surface area contributed by atoms with Crippen LogP contribution in [0.4, 0.5) is 0 Å². The number of esters is 2. The SMILES string of the molecule is COC(=O)[C@H](Cc1c[nH]cn1)NC(=O)[C@H]1[C@@H]2CC(O[C@@H]3OC[C@@H](O)[C@H](N)[C@H]3O)/C=C/C=C/C=C/C=C/C=C/C=C/C=C/[C@H](C)[C@@H](O)C[C@H](C)OC(=O)CC(O)CC(O)CC[C@@H](O)C(O)CC(O)CC(O)(C[C@@H]1O)O2. The third-order valence-corrected chi connectivity index (χ3v) is 12.8. The van der Waals surface area contributed by atoms with Gasteiger partial charge in [-0.2, -0.15) is 0 Å². The molecule has 1 aromatic rings. The normalized spacial score (nSPS) is 39.7. The summed E-state index contributed by atoms with van der Waals surface area (Å²) in [6.07, 6.45) is 6.78. The zero-order valence-electron chi connectivity index (χ0n) is 42.1. The van der Waals surface area contributed by atoms with Gasteiger partial charge in [0.25, 0.3) is 0 Å². The molecule has 4 heterocycles. The number of fused-ring (bicyclic) bond motifs is 2. The molecule has 1 aromatic heterocycles. The second kappa shape index (κ2) is 31.3. The lowest BCUT2D eigenvalue weighted by Crippen LogP contribution is -2.60. The first-order valence-corrected chi connectivity index (χ1v) is 25.0. The molecule has 0 radical (unpaired) electrons. The fraction of sp³-hybridized carbons (Fsp3) is 0.615. The van der Waals surface area contributed by atoms with Crippen molar-refractivity contribution in [1.29, 1.82) is 0 Å². The number of imidazole rings is 1. The molecule has 2 saturated heterocycles. The van der Waals surface area contributed by atoms with Crippen molar-refractivity contribution in [3.8, 4) is 0 Å². The molecule has 3 aliphatic heterocycles. The average molecular weight is 1050 g/mol. The van der Waals surface area contributed by atoms with Crippen LogP contribution in [0.25, 0.3) is 0 Å². The van der Waals surface area contributed by atoms with Crippen LogP contribution in [0.15, 0.2) is 97.6 Å². The van der Waals surface area contributed by atoms with Crippen LogP contribution in [0.3, 0.4) is 0 Å². The Morgan fingerprint density at radius 2 is 1.42 bits per heavy atom. The van der Waals surface area contributed by atoms with Crippen molar-refractivity contribution in [3.05, 3.63) is 103 Å². The monoisotopic (exact) mass is 1050 g/mol. The zero-order chi connectivity index (χ0) is 54.4. The number of amides is 1. The number of nitrogens with one attached hydrogen (secondary N) is 2. The Hall–Kier alpha value is -4.76. The van der Waals surface area contributed by atoms with Crippen LogP contribution < -0.4 is 11.1 Å². The summed E-state index contributed by atoms with van der Waals surface area (Å²) in [5.74, 6) is -6.64. The number of H-pyrrole nitrogens is 1. The van der Waals surface area contributed by atoms with E-state index < -0.39 is 147 Å². The molecule has 0 spiro atoms. The maximum Gasteiger partial charge on any atom is 0.328 e. The molecule has 6 unspecified atom stereocenters. The first-order valence-electron chi connectivity index (χ1n) is 25.0. The van der Waals surface area contributed by atoms with E-state index in [1.165, 1.54) is 18.6 Å². The van der Waals surface area contributed by atoms with E-state index in [1.54, 1.807) is 85.9 Å². The van der Waals surface area contributed by atoms with Gasteiger partial charge in [-0.15, -0.1) is 0 Å². The number of carbonyl (C=O) groups is 3. The van der Waals surface area contributed by atoms with E-state index in [4.69, 9.17) is 29.4 Å². The van der Waals surface area contributed by atoms with Gasteiger partial charge in [0.05, 0.1) is 105 Å². The molecule has 1 amide bonds. The maximum absolute atomic E-state index is 14.3. The van der Waals surface area contributed by atoms with Gasteiger partial charge in [-0.3, -0.25) is 9.59 Å². The minimum Gasteiger partial charge on any atom is -0.467 e. The Morgan fingerprint density at radius 3 is 2.04 bits per heavy atom. The molecule has 0 aliphatic carbocycles. The highest BCUT2D eigenvalue weighted by Gasteiger charge is 2.51. The van der Waals surface area contributed by atoms with Gasteiger partial charge in [-0.1, -0.05) is 92.0 Å². The topological polar surface area (TPSA) is 366 Å². The lowest BCUT2D eigenvalue weighted by atomic mass is 9.82. The van der Waals surface area contributed by atoms with E-state index in [9.17, 15) is 65.4 Å². The summed E-state index contributed by atoms with van der Waals surface area (Å²) in [6, 6.07) is -2.45. The maximum atomic E-state index is 14.3. The number of aliphatic hydroxyl groups excluding tert-OH is 9. The number of methoxy groups -OCH3 is 1. The van der Waals surface area contributed by atoms with Crippen LogP contribution in [0.5, 0.6) is 0 Å². The van der Waals surface area contributed by atoms with Crippen molar-refractivity contribution >= 4 is 17.8 Å². The van der Waals surface area contributed by atoms with Crippen molar-refractivity contribution in [2.45, 2.75) is 175 Å². The summed E-state index contributed by atoms with van der Waals surface area (Å²) in [5.41, 5.74) is 6.43. The van der Waals surface area contributed by atoms with Gasteiger partial charge in [0.2, 0.25) is 5.91 Å². The molecule has 74 heavy (non-hydrogen) atoms. The summed E-state index contributed by atoms with van der Waals surface area (Å²) in [4.78, 5) is 46.7. The molecule has 414 valence electrons.